The van der Waals surface area contributed by atoms with Crippen LogP contribution in [-0.4, -0.2) is 40.2 Å². The summed E-state index contributed by atoms with van der Waals surface area (Å²) in [6.45, 7) is 0. The minimum Gasteiger partial charge on any atom is -0.506 e. The molecule has 22 heavy (non-hydrogen) atoms. The molecule has 1 aromatic carbocycles. The minimum atomic E-state index is -1.17. The summed E-state index contributed by atoms with van der Waals surface area (Å²) in [4.78, 5) is 22.8. The molecule has 0 atom stereocenters. The van der Waals surface area contributed by atoms with Crippen molar-refractivity contribution in [1.29, 1.82) is 0 Å². The standard InChI is InChI=1S/C14H14N2O6/c1-21-8-3-4-10(12(5-8)22-2)16-13(18)7-11(17)9(15-16)6-14(19)20/h3-5,7,17H,6H2,1-2H3,(H,19,20). The lowest BCUT2D eigenvalue weighted by Gasteiger charge is -2.12. The van der Waals surface area contributed by atoms with Crippen molar-refractivity contribution in [3.8, 4) is 22.9 Å². The molecule has 0 radical (unpaired) electrons. The first kappa shape index (κ1) is 15.4. The average Bonchev–Trinajstić information content (AvgIpc) is 2.49. The van der Waals surface area contributed by atoms with E-state index in [1.165, 1.54) is 14.2 Å². The van der Waals surface area contributed by atoms with Crippen molar-refractivity contribution in [2.24, 2.45) is 0 Å². The van der Waals surface area contributed by atoms with Gasteiger partial charge in [0.25, 0.3) is 5.56 Å². The first-order chi connectivity index (χ1) is 10.5. The maximum absolute atomic E-state index is 12.0. The Morgan fingerprint density at radius 2 is 2.00 bits per heavy atom. The van der Waals surface area contributed by atoms with Crippen LogP contribution in [-0.2, 0) is 11.2 Å². The summed E-state index contributed by atoms with van der Waals surface area (Å²) < 4.78 is 11.2. The molecule has 0 aliphatic rings. The van der Waals surface area contributed by atoms with Crippen molar-refractivity contribution in [2.75, 3.05) is 14.2 Å². The van der Waals surface area contributed by atoms with Gasteiger partial charge in [-0.3, -0.25) is 9.59 Å². The van der Waals surface area contributed by atoms with Gasteiger partial charge in [-0.1, -0.05) is 0 Å². The molecule has 0 saturated carbocycles. The predicted molar refractivity (Wildman–Crippen MR) is 75.9 cm³/mol. The van der Waals surface area contributed by atoms with E-state index in [0.717, 1.165) is 10.7 Å². The second-order valence-corrected chi connectivity index (χ2v) is 4.33. The van der Waals surface area contributed by atoms with E-state index >= 15 is 0 Å². The van der Waals surface area contributed by atoms with Crippen molar-refractivity contribution in [3.63, 3.8) is 0 Å². The number of hydrogen-bond acceptors (Lipinski definition) is 6. The Labute approximate surface area is 125 Å². The normalized spacial score (nSPS) is 10.3. The summed E-state index contributed by atoms with van der Waals surface area (Å²) in [6.07, 6.45) is -0.509. The van der Waals surface area contributed by atoms with Gasteiger partial charge in [0, 0.05) is 12.1 Å². The fourth-order valence-electron chi connectivity index (χ4n) is 1.88. The molecule has 0 aliphatic heterocycles. The lowest BCUT2D eigenvalue weighted by molar-refractivity contribution is -0.136. The monoisotopic (exact) mass is 306 g/mol. The van der Waals surface area contributed by atoms with Crippen molar-refractivity contribution in [1.82, 2.24) is 9.78 Å². The number of aromatic hydroxyl groups is 1. The number of aromatic nitrogens is 2. The topological polar surface area (TPSA) is 111 Å². The summed E-state index contributed by atoms with van der Waals surface area (Å²) >= 11 is 0. The SMILES string of the molecule is COc1ccc(-n2nc(CC(=O)O)c(O)cc2=O)c(OC)c1. The molecule has 0 unspecified atom stereocenters. The summed E-state index contributed by atoms with van der Waals surface area (Å²) in [5, 5.41) is 22.3. The second kappa shape index (κ2) is 6.17. The van der Waals surface area contributed by atoms with E-state index in [2.05, 4.69) is 5.10 Å². The van der Waals surface area contributed by atoms with Crippen LogP contribution < -0.4 is 15.0 Å². The third-order valence-corrected chi connectivity index (χ3v) is 2.92. The summed E-state index contributed by atoms with van der Waals surface area (Å²) in [5.41, 5.74) is -0.431. The zero-order chi connectivity index (χ0) is 16.3. The number of rotatable bonds is 5. The van der Waals surface area contributed by atoms with E-state index in [9.17, 15) is 14.7 Å². The number of nitrogens with zero attached hydrogens (tertiary/aromatic N) is 2. The van der Waals surface area contributed by atoms with Crippen LogP contribution in [0.3, 0.4) is 0 Å². The Kier molecular flexibility index (Phi) is 4.31. The van der Waals surface area contributed by atoms with Crippen LogP contribution in [0.1, 0.15) is 5.69 Å². The van der Waals surface area contributed by atoms with Crippen LogP contribution in [0.5, 0.6) is 17.2 Å². The number of benzene rings is 1. The van der Waals surface area contributed by atoms with Crippen LogP contribution in [0.15, 0.2) is 29.1 Å². The highest BCUT2D eigenvalue weighted by molar-refractivity contribution is 5.70. The van der Waals surface area contributed by atoms with Crippen molar-refractivity contribution < 1.29 is 24.5 Å². The average molecular weight is 306 g/mol. The minimum absolute atomic E-state index is 0.120. The highest BCUT2D eigenvalue weighted by Crippen LogP contribution is 2.27. The van der Waals surface area contributed by atoms with E-state index in [0.29, 0.717) is 17.2 Å². The Hall–Kier alpha value is -3.03. The van der Waals surface area contributed by atoms with E-state index in [1.54, 1.807) is 18.2 Å². The van der Waals surface area contributed by atoms with Crippen LogP contribution in [0.25, 0.3) is 5.69 Å². The van der Waals surface area contributed by atoms with Gasteiger partial charge in [-0.2, -0.15) is 9.78 Å². The molecule has 0 aliphatic carbocycles. The zero-order valence-corrected chi connectivity index (χ0v) is 11.9. The van der Waals surface area contributed by atoms with Crippen LogP contribution in [0.2, 0.25) is 0 Å². The highest BCUT2D eigenvalue weighted by Gasteiger charge is 2.15. The molecular formula is C14H14N2O6. The number of ether oxygens (including phenoxy) is 2. The van der Waals surface area contributed by atoms with Gasteiger partial charge in [-0.05, 0) is 12.1 Å². The van der Waals surface area contributed by atoms with Crippen molar-refractivity contribution in [2.45, 2.75) is 6.42 Å². The largest absolute Gasteiger partial charge is 0.506 e. The van der Waals surface area contributed by atoms with Crippen LogP contribution in [0.4, 0.5) is 0 Å². The molecule has 0 bridgehead atoms. The molecule has 0 spiro atoms. The van der Waals surface area contributed by atoms with Gasteiger partial charge < -0.3 is 19.7 Å². The van der Waals surface area contributed by atoms with Crippen molar-refractivity contribution >= 4 is 5.97 Å². The summed E-state index contributed by atoms with van der Waals surface area (Å²) in [7, 11) is 2.91. The van der Waals surface area contributed by atoms with Gasteiger partial charge in [-0.25, -0.2) is 0 Å². The molecule has 8 heteroatoms. The maximum atomic E-state index is 12.0. The quantitative estimate of drug-likeness (QED) is 0.831. The van der Waals surface area contributed by atoms with E-state index < -0.39 is 23.7 Å². The predicted octanol–water partition coefficient (Wildman–Crippen LogP) is 0.582. The third-order valence-electron chi connectivity index (χ3n) is 2.92. The number of carboxylic acids is 1. The lowest BCUT2D eigenvalue weighted by atomic mass is 10.2. The van der Waals surface area contributed by atoms with Gasteiger partial charge in [0.1, 0.15) is 28.6 Å². The fraction of sp³-hybridized carbons (Fsp3) is 0.214. The van der Waals surface area contributed by atoms with Gasteiger partial charge >= 0.3 is 5.97 Å². The van der Waals surface area contributed by atoms with Gasteiger partial charge in [-0.15, -0.1) is 0 Å². The first-order valence-corrected chi connectivity index (χ1v) is 6.22. The molecule has 1 heterocycles. The lowest BCUT2D eigenvalue weighted by Crippen LogP contribution is -2.23. The maximum Gasteiger partial charge on any atom is 0.309 e. The number of carbonyl (C=O) groups is 1. The molecule has 8 nitrogen and oxygen atoms in total. The first-order valence-electron chi connectivity index (χ1n) is 6.22. The zero-order valence-electron chi connectivity index (χ0n) is 11.9. The van der Waals surface area contributed by atoms with E-state index in [-0.39, 0.29) is 5.69 Å². The summed E-state index contributed by atoms with van der Waals surface area (Å²) in [6, 6.07) is 5.63. The van der Waals surface area contributed by atoms with Gasteiger partial charge in [0.2, 0.25) is 0 Å². The third kappa shape index (κ3) is 3.00. The molecule has 2 N–H and O–H groups in total. The van der Waals surface area contributed by atoms with Crippen LogP contribution in [0, 0.1) is 0 Å². The molecule has 116 valence electrons. The molecule has 0 amide bonds. The molecule has 1 aromatic heterocycles. The second-order valence-electron chi connectivity index (χ2n) is 4.33. The smallest absolute Gasteiger partial charge is 0.309 e. The van der Waals surface area contributed by atoms with E-state index in [1.807, 2.05) is 0 Å². The highest BCUT2D eigenvalue weighted by atomic mass is 16.5. The van der Waals surface area contributed by atoms with Gasteiger partial charge in [0.15, 0.2) is 0 Å². The number of hydrogen-bond donors (Lipinski definition) is 2. The molecule has 0 fully saturated rings. The fourth-order valence-corrected chi connectivity index (χ4v) is 1.88. The Balaban J connectivity index is 2.61. The Morgan fingerprint density at radius 1 is 1.27 bits per heavy atom. The number of methoxy groups -OCH3 is 2. The van der Waals surface area contributed by atoms with Crippen LogP contribution >= 0.6 is 0 Å². The van der Waals surface area contributed by atoms with Gasteiger partial charge in [0.05, 0.1) is 20.6 Å². The molecule has 0 saturated heterocycles. The molecule has 2 aromatic rings. The van der Waals surface area contributed by atoms with E-state index in [4.69, 9.17) is 14.6 Å². The number of aliphatic carboxylic acids is 1. The Bertz CT molecular complexity index is 768. The summed E-state index contributed by atoms with van der Waals surface area (Å²) in [5.74, 6) is -0.787. The number of carboxylic acid groups (broad SMARTS) is 1. The molecular weight excluding hydrogens is 292 g/mol. The Morgan fingerprint density at radius 3 is 2.59 bits per heavy atom. The van der Waals surface area contributed by atoms with Crippen molar-refractivity contribution in [3.05, 3.63) is 40.3 Å². The molecule has 2 rings (SSSR count).